The van der Waals surface area contributed by atoms with Crippen LogP contribution in [-0.4, -0.2) is 15.8 Å². The van der Waals surface area contributed by atoms with Gasteiger partial charge in [-0.15, -0.1) is 11.3 Å². The van der Waals surface area contributed by atoms with Crippen molar-refractivity contribution in [2.24, 2.45) is 5.92 Å². The zero-order chi connectivity index (χ0) is 14.6. The first-order valence-corrected chi connectivity index (χ1v) is 8.10. The molecule has 106 valence electrons. The second-order valence-electron chi connectivity index (χ2n) is 5.78. The van der Waals surface area contributed by atoms with Crippen LogP contribution in [0, 0.1) is 5.92 Å². The van der Waals surface area contributed by atoms with Crippen LogP contribution in [0.25, 0.3) is 26.7 Å². The number of benzene rings is 1. The lowest BCUT2D eigenvalue weighted by Gasteiger charge is -2.12. The molecule has 1 unspecified atom stereocenters. The molecule has 0 amide bonds. The van der Waals surface area contributed by atoms with Crippen LogP contribution in [0.1, 0.15) is 31.0 Å². The number of allylic oxidation sites excluding steroid dienone is 1. The molecule has 0 fully saturated rings. The fraction of sp³-hybridized carbons (Fsp3) is 0.294. The fourth-order valence-corrected chi connectivity index (χ4v) is 4.11. The number of carbonyl (C=O) groups excluding carboxylic acids is 1. The Bertz CT molecular complexity index is 887. The number of carbonyl (C=O) groups is 1. The minimum absolute atomic E-state index is 0.0430. The number of hydrogen-bond donors (Lipinski definition) is 1. The molecule has 0 radical (unpaired) electrons. The highest BCUT2D eigenvalue weighted by Gasteiger charge is 2.26. The van der Waals surface area contributed by atoms with Crippen molar-refractivity contribution in [3.8, 4) is 0 Å². The van der Waals surface area contributed by atoms with Gasteiger partial charge in [-0.25, -0.2) is 4.98 Å². The zero-order valence-electron chi connectivity index (χ0n) is 11.9. The molecule has 1 aromatic carbocycles. The van der Waals surface area contributed by atoms with Gasteiger partial charge in [-0.2, -0.15) is 0 Å². The molecular formula is C17H16N2OS. The highest BCUT2D eigenvalue weighted by molar-refractivity contribution is 7.16. The number of aromatic amines is 1. The van der Waals surface area contributed by atoms with Crippen molar-refractivity contribution in [2.75, 3.05) is 0 Å². The van der Waals surface area contributed by atoms with Crippen LogP contribution in [0.15, 0.2) is 24.2 Å². The van der Waals surface area contributed by atoms with Crippen LogP contribution in [-0.2, 0) is 11.2 Å². The van der Waals surface area contributed by atoms with Gasteiger partial charge in [-0.1, -0.05) is 6.58 Å². The van der Waals surface area contributed by atoms with E-state index in [1.807, 2.05) is 5.51 Å². The number of nitrogens with zero attached hydrogens (tertiary/aromatic N) is 1. The Morgan fingerprint density at radius 2 is 2.33 bits per heavy atom. The van der Waals surface area contributed by atoms with Gasteiger partial charge >= 0.3 is 0 Å². The van der Waals surface area contributed by atoms with Crippen LogP contribution in [0.3, 0.4) is 0 Å². The first kappa shape index (κ1) is 12.8. The molecule has 1 atom stereocenters. The van der Waals surface area contributed by atoms with Crippen molar-refractivity contribution in [1.82, 2.24) is 9.97 Å². The van der Waals surface area contributed by atoms with E-state index in [4.69, 9.17) is 0 Å². The van der Waals surface area contributed by atoms with Crippen LogP contribution >= 0.6 is 11.3 Å². The molecule has 1 N–H and O–H groups in total. The Hall–Kier alpha value is -1.94. The van der Waals surface area contributed by atoms with Crippen molar-refractivity contribution in [2.45, 2.75) is 26.2 Å². The molecule has 21 heavy (non-hydrogen) atoms. The summed E-state index contributed by atoms with van der Waals surface area (Å²) >= 11 is 1.65. The van der Waals surface area contributed by atoms with E-state index >= 15 is 0 Å². The number of rotatable bonds is 1. The van der Waals surface area contributed by atoms with E-state index < -0.39 is 0 Å². The maximum Gasteiger partial charge on any atom is 0.137 e. The van der Waals surface area contributed by atoms with Crippen molar-refractivity contribution in [3.05, 3.63) is 35.5 Å². The van der Waals surface area contributed by atoms with Crippen LogP contribution in [0.4, 0.5) is 0 Å². The lowest BCUT2D eigenvalue weighted by atomic mass is 9.92. The largest absolute Gasteiger partial charge is 0.355 e. The molecule has 0 bridgehead atoms. The Kier molecular flexibility index (Phi) is 2.76. The zero-order valence-corrected chi connectivity index (χ0v) is 12.7. The molecule has 2 aromatic heterocycles. The molecule has 0 aliphatic heterocycles. The number of aryl methyl sites for hydroxylation is 1. The van der Waals surface area contributed by atoms with Gasteiger partial charge in [-0.3, -0.25) is 4.79 Å². The fourth-order valence-electron chi connectivity index (χ4n) is 3.42. The van der Waals surface area contributed by atoms with E-state index in [2.05, 4.69) is 28.7 Å². The van der Waals surface area contributed by atoms with Crippen molar-refractivity contribution < 1.29 is 4.79 Å². The van der Waals surface area contributed by atoms with Gasteiger partial charge in [-0.05, 0) is 49.5 Å². The summed E-state index contributed by atoms with van der Waals surface area (Å²) in [4.78, 5) is 19.8. The number of ketones is 1. The Labute approximate surface area is 126 Å². The molecule has 1 aliphatic carbocycles. The van der Waals surface area contributed by atoms with Gasteiger partial charge in [0.25, 0.3) is 0 Å². The minimum atomic E-state index is -0.0430. The summed E-state index contributed by atoms with van der Waals surface area (Å²) in [5.74, 6) is 0.174. The lowest BCUT2D eigenvalue weighted by molar-refractivity contribution is -0.119. The Morgan fingerprint density at radius 1 is 1.48 bits per heavy atom. The summed E-state index contributed by atoms with van der Waals surface area (Å²) in [6.07, 6.45) is 2.92. The summed E-state index contributed by atoms with van der Waals surface area (Å²) < 4.78 is 1.19. The molecule has 0 saturated heterocycles. The molecule has 3 nitrogen and oxygen atoms in total. The third-order valence-electron chi connectivity index (χ3n) is 4.51. The van der Waals surface area contributed by atoms with E-state index in [-0.39, 0.29) is 11.7 Å². The van der Waals surface area contributed by atoms with Crippen LogP contribution in [0.5, 0.6) is 0 Å². The smallest absolute Gasteiger partial charge is 0.137 e. The molecule has 0 saturated carbocycles. The Morgan fingerprint density at radius 3 is 3.14 bits per heavy atom. The van der Waals surface area contributed by atoms with E-state index in [1.54, 1.807) is 18.3 Å². The summed E-state index contributed by atoms with van der Waals surface area (Å²) in [7, 11) is 0. The van der Waals surface area contributed by atoms with E-state index in [1.165, 1.54) is 15.6 Å². The maximum atomic E-state index is 11.9. The van der Waals surface area contributed by atoms with Crippen molar-refractivity contribution in [3.63, 3.8) is 0 Å². The van der Waals surface area contributed by atoms with Gasteiger partial charge < -0.3 is 4.98 Å². The highest BCUT2D eigenvalue weighted by atomic mass is 32.1. The number of Topliss-reactive ketones (excluding diaryl/α,β-unsaturated/α-hetero) is 1. The van der Waals surface area contributed by atoms with Crippen LogP contribution < -0.4 is 0 Å². The topological polar surface area (TPSA) is 45.8 Å². The average molecular weight is 296 g/mol. The summed E-state index contributed by atoms with van der Waals surface area (Å²) in [6.45, 7) is 5.88. The van der Waals surface area contributed by atoms with Gasteiger partial charge in [0.05, 0.1) is 15.7 Å². The molecule has 4 rings (SSSR count). The maximum absolute atomic E-state index is 11.9. The van der Waals surface area contributed by atoms with Gasteiger partial charge in [0.15, 0.2) is 0 Å². The van der Waals surface area contributed by atoms with Gasteiger partial charge in [0, 0.05) is 22.5 Å². The molecule has 0 spiro atoms. The monoisotopic (exact) mass is 296 g/mol. The first-order valence-electron chi connectivity index (χ1n) is 7.22. The minimum Gasteiger partial charge on any atom is -0.355 e. The van der Waals surface area contributed by atoms with Crippen molar-refractivity contribution in [1.29, 1.82) is 0 Å². The summed E-state index contributed by atoms with van der Waals surface area (Å²) in [6, 6.07) is 4.32. The Balaban J connectivity index is 1.97. The standard InChI is InChI=1S/C17H16N2OS/c1-9-11(10(2)20)4-3-5-12-13-6-15-16(21-8-18-15)7-14(13)19-17(9)12/h6-8,11,19H,1,3-5H2,2H3. The molecule has 3 aromatic rings. The average Bonchev–Trinajstić information content (AvgIpc) is 3.00. The van der Waals surface area contributed by atoms with Gasteiger partial charge in [0.1, 0.15) is 5.78 Å². The summed E-state index contributed by atoms with van der Waals surface area (Å²) in [5, 5.41) is 1.23. The van der Waals surface area contributed by atoms with E-state index in [9.17, 15) is 4.79 Å². The number of nitrogens with one attached hydrogen (secondary N) is 1. The lowest BCUT2D eigenvalue weighted by Crippen LogP contribution is -2.11. The van der Waals surface area contributed by atoms with E-state index in [0.717, 1.165) is 41.6 Å². The van der Waals surface area contributed by atoms with E-state index in [0.29, 0.717) is 0 Å². The number of thiazole rings is 1. The third-order valence-corrected chi connectivity index (χ3v) is 5.30. The molecular weight excluding hydrogens is 280 g/mol. The second-order valence-corrected chi connectivity index (χ2v) is 6.66. The number of fused-ring (bicyclic) bond motifs is 4. The number of H-pyrrole nitrogens is 1. The SMILES string of the molecule is C=C1c2[nH]c3cc4scnc4cc3c2CCCC1C(C)=O. The highest BCUT2D eigenvalue weighted by Crippen LogP contribution is 2.38. The predicted octanol–water partition coefficient (Wildman–Crippen LogP) is 4.33. The predicted molar refractivity (Wildman–Crippen MR) is 87.6 cm³/mol. The molecule has 1 aliphatic rings. The second kappa shape index (κ2) is 4.53. The first-order chi connectivity index (χ1) is 10.1. The summed E-state index contributed by atoms with van der Waals surface area (Å²) in [5.41, 5.74) is 7.37. The van der Waals surface area contributed by atoms with Crippen molar-refractivity contribution >= 4 is 43.8 Å². The normalized spacial score (nSPS) is 18.9. The number of hydrogen-bond acceptors (Lipinski definition) is 3. The third kappa shape index (κ3) is 1.86. The molecule has 4 heteroatoms. The quantitative estimate of drug-likeness (QED) is 0.679. The van der Waals surface area contributed by atoms with Crippen LogP contribution in [0.2, 0.25) is 0 Å². The number of aromatic nitrogens is 2. The van der Waals surface area contributed by atoms with Gasteiger partial charge in [0.2, 0.25) is 0 Å². The molecule has 2 heterocycles.